The molecular formula is C27H41N5O. The van der Waals surface area contributed by atoms with E-state index in [0.717, 1.165) is 66.9 Å². The second kappa shape index (κ2) is 10.5. The fourth-order valence-corrected chi connectivity index (χ4v) is 6.14. The van der Waals surface area contributed by atoms with Crippen LogP contribution in [0.2, 0.25) is 0 Å². The maximum atomic E-state index is 13.2. The van der Waals surface area contributed by atoms with Gasteiger partial charge in [0, 0.05) is 38.8 Å². The minimum atomic E-state index is 0.0981. The summed E-state index contributed by atoms with van der Waals surface area (Å²) in [5.74, 6) is 2.80. The molecule has 0 atom stereocenters. The van der Waals surface area contributed by atoms with Gasteiger partial charge in [0.05, 0.1) is 5.39 Å². The van der Waals surface area contributed by atoms with Gasteiger partial charge in [-0.05, 0) is 76.1 Å². The Kier molecular flexibility index (Phi) is 7.19. The van der Waals surface area contributed by atoms with Gasteiger partial charge in [-0.15, -0.1) is 0 Å². The standard InChI is InChI=1S/C27H41N5O/c1-21-19-25(31-15-5-2-6-16-31)29-27-26(21)23(33)20-24(28-12-18-30-13-7-8-14-30)32(27)17-11-22-9-3-4-10-22/h19-20,22,28H,2-18H2,1H3. The van der Waals surface area contributed by atoms with Crippen molar-refractivity contribution in [1.82, 2.24) is 14.5 Å². The van der Waals surface area contributed by atoms with E-state index in [4.69, 9.17) is 4.98 Å². The maximum Gasteiger partial charge on any atom is 0.193 e. The average molecular weight is 452 g/mol. The third kappa shape index (κ3) is 5.21. The first-order valence-electron chi connectivity index (χ1n) is 13.5. The Bertz CT molecular complexity index is 998. The number of nitrogens with zero attached hydrogens (tertiary/aromatic N) is 4. The van der Waals surface area contributed by atoms with E-state index >= 15 is 0 Å². The third-order valence-electron chi connectivity index (χ3n) is 8.09. The highest BCUT2D eigenvalue weighted by molar-refractivity contribution is 5.83. The van der Waals surface area contributed by atoms with Crippen LogP contribution in [0, 0.1) is 12.8 Å². The predicted octanol–water partition coefficient (Wildman–Crippen LogP) is 4.78. The van der Waals surface area contributed by atoms with E-state index in [1.807, 2.05) is 6.07 Å². The highest BCUT2D eigenvalue weighted by Crippen LogP contribution is 2.30. The second-order valence-corrected chi connectivity index (χ2v) is 10.5. The lowest BCUT2D eigenvalue weighted by atomic mass is 10.0. The van der Waals surface area contributed by atoms with E-state index in [-0.39, 0.29) is 5.43 Å². The summed E-state index contributed by atoms with van der Waals surface area (Å²) in [5.41, 5.74) is 2.04. The molecule has 0 unspecified atom stereocenters. The first-order valence-corrected chi connectivity index (χ1v) is 13.5. The Morgan fingerprint density at radius 3 is 2.42 bits per heavy atom. The fraction of sp³-hybridized carbons (Fsp3) is 0.704. The molecule has 2 aromatic rings. The van der Waals surface area contributed by atoms with Crippen molar-refractivity contribution in [2.45, 2.75) is 77.7 Å². The molecule has 1 N–H and O–H groups in total. The van der Waals surface area contributed by atoms with Crippen molar-refractivity contribution in [2.75, 3.05) is 49.5 Å². The van der Waals surface area contributed by atoms with E-state index in [1.54, 1.807) is 0 Å². The summed E-state index contributed by atoms with van der Waals surface area (Å²) in [4.78, 5) is 23.3. The molecule has 180 valence electrons. The first kappa shape index (κ1) is 22.7. The van der Waals surface area contributed by atoms with Crippen molar-refractivity contribution in [3.63, 3.8) is 0 Å². The van der Waals surface area contributed by atoms with Gasteiger partial charge in [0.1, 0.15) is 17.3 Å². The van der Waals surface area contributed by atoms with Crippen LogP contribution in [-0.2, 0) is 6.54 Å². The number of aryl methyl sites for hydroxylation is 2. The van der Waals surface area contributed by atoms with Gasteiger partial charge in [-0.25, -0.2) is 4.98 Å². The highest BCUT2D eigenvalue weighted by atomic mass is 16.1. The van der Waals surface area contributed by atoms with Crippen LogP contribution in [0.3, 0.4) is 0 Å². The Labute approximate surface area is 198 Å². The van der Waals surface area contributed by atoms with Gasteiger partial charge < -0.3 is 19.7 Å². The van der Waals surface area contributed by atoms with E-state index in [0.29, 0.717) is 0 Å². The van der Waals surface area contributed by atoms with Crippen LogP contribution >= 0.6 is 0 Å². The number of nitrogens with one attached hydrogen (secondary N) is 1. The van der Waals surface area contributed by atoms with Gasteiger partial charge in [0.15, 0.2) is 5.43 Å². The molecule has 33 heavy (non-hydrogen) atoms. The molecule has 1 aliphatic carbocycles. The number of anilines is 2. The van der Waals surface area contributed by atoms with Crippen molar-refractivity contribution in [3.8, 4) is 0 Å². The van der Waals surface area contributed by atoms with Gasteiger partial charge in [0.2, 0.25) is 0 Å². The lowest BCUT2D eigenvalue weighted by Crippen LogP contribution is -2.31. The molecule has 0 radical (unpaired) electrons. The van der Waals surface area contributed by atoms with Crippen LogP contribution in [0.1, 0.15) is 69.8 Å². The molecule has 2 aliphatic heterocycles. The molecule has 3 fully saturated rings. The fourth-order valence-electron chi connectivity index (χ4n) is 6.14. The summed E-state index contributed by atoms with van der Waals surface area (Å²) >= 11 is 0. The summed E-state index contributed by atoms with van der Waals surface area (Å²) in [5, 5.41) is 4.43. The van der Waals surface area contributed by atoms with Gasteiger partial charge in [0.25, 0.3) is 0 Å². The number of piperidine rings is 1. The molecule has 2 saturated heterocycles. The van der Waals surface area contributed by atoms with Crippen LogP contribution in [0.25, 0.3) is 11.0 Å². The number of likely N-dealkylation sites (tertiary alicyclic amines) is 1. The number of aromatic nitrogens is 2. The summed E-state index contributed by atoms with van der Waals surface area (Å²) in [6, 6.07) is 3.97. The molecule has 3 aliphatic rings. The van der Waals surface area contributed by atoms with Crippen LogP contribution in [0.4, 0.5) is 11.6 Å². The maximum absolute atomic E-state index is 13.2. The largest absolute Gasteiger partial charge is 0.370 e. The first-order chi connectivity index (χ1) is 16.2. The van der Waals surface area contributed by atoms with Gasteiger partial charge in [-0.2, -0.15) is 0 Å². The number of fused-ring (bicyclic) bond motifs is 1. The molecular weight excluding hydrogens is 410 g/mol. The lowest BCUT2D eigenvalue weighted by molar-refractivity contribution is 0.352. The Morgan fingerprint density at radius 1 is 0.939 bits per heavy atom. The third-order valence-corrected chi connectivity index (χ3v) is 8.09. The van der Waals surface area contributed by atoms with E-state index in [2.05, 4.69) is 32.7 Å². The van der Waals surface area contributed by atoms with Gasteiger partial charge in [-0.1, -0.05) is 25.7 Å². The number of hydrogen-bond donors (Lipinski definition) is 1. The number of hydrogen-bond acceptors (Lipinski definition) is 5. The molecule has 5 rings (SSSR count). The SMILES string of the molecule is Cc1cc(N2CCCCC2)nc2c1c(=O)cc(NCCN1CCCC1)n2CCC1CCCC1. The lowest BCUT2D eigenvalue weighted by Gasteiger charge is -2.29. The van der Waals surface area contributed by atoms with Crippen molar-refractivity contribution in [1.29, 1.82) is 0 Å². The summed E-state index contributed by atoms with van der Waals surface area (Å²) < 4.78 is 2.33. The minimum Gasteiger partial charge on any atom is -0.370 e. The molecule has 1 saturated carbocycles. The molecule has 0 amide bonds. The van der Waals surface area contributed by atoms with E-state index in [9.17, 15) is 4.79 Å². The van der Waals surface area contributed by atoms with Crippen molar-refractivity contribution >= 4 is 22.7 Å². The Hall–Kier alpha value is -2.08. The van der Waals surface area contributed by atoms with Gasteiger partial charge >= 0.3 is 0 Å². The normalized spacial score (nSPS) is 20.2. The van der Waals surface area contributed by atoms with Gasteiger partial charge in [-0.3, -0.25) is 4.79 Å². The van der Waals surface area contributed by atoms with E-state index in [1.165, 1.54) is 77.3 Å². The molecule has 4 heterocycles. The van der Waals surface area contributed by atoms with Crippen LogP contribution in [0.5, 0.6) is 0 Å². The molecule has 6 nitrogen and oxygen atoms in total. The average Bonchev–Trinajstić information content (AvgIpc) is 3.53. The van der Waals surface area contributed by atoms with Crippen molar-refractivity contribution < 1.29 is 0 Å². The smallest absolute Gasteiger partial charge is 0.193 e. The Balaban J connectivity index is 1.48. The minimum absolute atomic E-state index is 0.0981. The summed E-state index contributed by atoms with van der Waals surface area (Å²) in [6.45, 7) is 9.47. The Morgan fingerprint density at radius 2 is 1.67 bits per heavy atom. The van der Waals surface area contributed by atoms with Crippen LogP contribution < -0.4 is 15.6 Å². The molecule has 0 spiro atoms. The summed E-state index contributed by atoms with van der Waals surface area (Å²) in [7, 11) is 0. The zero-order chi connectivity index (χ0) is 22.6. The predicted molar refractivity (Wildman–Crippen MR) is 138 cm³/mol. The number of pyridine rings is 2. The monoisotopic (exact) mass is 451 g/mol. The molecule has 0 bridgehead atoms. The topological polar surface area (TPSA) is 53.4 Å². The van der Waals surface area contributed by atoms with Crippen LogP contribution in [-0.4, -0.2) is 53.7 Å². The number of rotatable bonds is 8. The molecule has 2 aromatic heterocycles. The second-order valence-electron chi connectivity index (χ2n) is 10.5. The molecule has 6 heteroatoms. The highest BCUT2D eigenvalue weighted by Gasteiger charge is 2.20. The van der Waals surface area contributed by atoms with Crippen molar-refractivity contribution in [2.24, 2.45) is 5.92 Å². The summed E-state index contributed by atoms with van der Waals surface area (Å²) in [6.07, 6.45) is 13.0. The van der Waals surface area contributed by atoms with Crippen LogP contribution in [0.15, 0.2) is 16.9 Å². The quantitative estimate of drug-likeness (QED) is 0.626. The van der Waals surface area contributed by atoms with Crippen molar-refractivity contribution in [3.05, 3.63) is 27.9 Å². The molecule has 0 aromatic carbocycles. The zero-order valence-electron chi connectivity index (χ0n) is 20.4. The zero-order valence-corrected chi connectivity index (χ0v) is 20.4. The van der Waals surface area contributed by atoms with E-state index < -0.39 is 0 Å².